The Hall–Kier alpha value is -4.19. The quantitative estimate of drug-likeness (QED) is 0.467. The van der Waals surface area contributed by atoms with Crippen molar-refractivity contribution in [3.8, 4) is 5.69 Å². The van der Waals surface area contributed by atoms with E-state index in [-0.39, 0.29) is 11.9 Å². The monoisotopic (exact) mass is 419 g/mol. The van der Waals surface area contributed by atoms with Gasteiger partial charge in [-0.15, -0.1) is 0 Å². The molecule has 4 heterocycles. The number of aromatic nitrogens is 4. The number of benzene rings is 2. The number of nitrogens with one attached hydrogen (secondary N) is 1. The molecule has 0 saturated heterocycles. The van der Waals surface area contributed by atoms with Gasteiger partial charge in [-0.2, -0.15) is 5.10 Å². The van der Waals surface area contributed by atoms with Gasteiger partial charge in [0, 0.05) is 47.3 Å². The molecular formula is C26H21N5O. The first-order valence-corrected chi connectivity index (χ1v) is 10.7. The number of carbonyl (C=O) groups excluding carboxylic acids is 1. The Bertz CT molecular complexity index is 1390. The molecule has 0 fully saturated rings. The summed E-state index contributed by atoms with van der Waals surface area (Å²) in [5.74, 6) is -0.00280. The highest BCUT2D eigenvalue weighted by atomic mass is 16.2. The molecule has 1 aliphatic heterocycles. The van der Waals surface area contributed by atoms with Crippen LogP contribution in [0.4, 0.5) is 0 Å². The first-order valence-electron chi connectivity index (χ1n) is 10.7. The van der Waals surface area contributed by atoms with Gasteiger partial charge in [0.25, 0.3) is 5.91 Å². The molecule has 1 aliphatic rings. The number of hydrogen-bond acceptors (Lipinski definition) is 3. The minimum absolute atomic E-state index is 0.00280. The SMILES string of the molecule is O=C(c1ccc(-n2cccn2)cc1)N1CCc2c([nH]c3ccccc23)C1c1ccccn1. The zero-order chi connectivity index (χ0) is 21.5. The van der Waals surface area contributed by atoms with Crippen molar-refractivity contribution in [3.05, 3.63) is 114 Å². The first kappa shape index (κ1) is 18.6. The summed E-state index contributed by atoms with van der Waals surface area (Å²) >= 11 is 0. The summed E-state index contributed by atoms with van der Waals surface area (Å²) in [6.07, 6.45) is 6.21. The molecular weight excluding hydrogens is 398 g/mol. The lowest BCUT2D eigenvalue weighted by Gasteiger charge is -2.35. The van der Waals surface area contributed by atoms with Gasteiger partial charge in [0.2, 0.25) is 0 Å². The molecule has 6 nitrogen and oxygen atoms in total. The Balaban J connectivity index is 1.41. The van der Waals surface area contributed by atoms with Crippen LogP contribution in [-0.4, -0.2) is 37.1 Å². The maximum atomic E-state index is 13.7. The lowest BCUT2D eigenvalue weighted by molar-refractivity contribution is 0.0688. The van der Waals surface area contributed by atoms with Gasteiger partial charge >= 0.3 is 0 Å². The Morgan fingerprint density at radius 2 is 1.78 bits per heavy atom. The standard InChI is InChI=1S/C26H21N5O/c32-26(18-9-11-19(12-10-18)31-16-5-15-28-31)30-17-13-21-20-6-1-2-7-22(20)29-24(21)25(30)23-8-3-4-14-27-23/h1-12,14-16,25,29H,13,17H2. The number of aromatic amines is 1. The highest BCUT2D eigenvalue weighted by Gasteiger charge is 2.35. The van der Waals surface area contributed by atoms with Crippen LogP contribution in [0.5, 0.6) is 0 Å². The van der Waals surface area contributed by atoms with E-state index in [1.807, 2.05) is 65.7 Å². The summed E-state index contributed by atoms with van der Waals surface area (Å²) in [6.45, 7) is 0.635. The van der Waals surface area contributed by atoms with Gasteiger partial charge in [-0.25, -0.2) is 4.68 Å². The molecule has 0 aliphatic carbocycles. The summed E-state index contributed by atoms with van der Waals surface area (Å²) in [5.41, 5.74) is 5.86. The Morgan fingerprint density at radius 1 is 0.938 bits per heavy atom. The predicted molar refractivity (Wildman–Crippen MR) is 123 cm³/mol. The summed E-state index contributed by atoms with van der Waals surface area (Å²) in [7, 11) is 0. The van der Waals surface area contributed by atoms with E-state index in [1.165, 1.54) is 10.9 Å². The van der Waals surface area contributed by atoms with E-state index in [0.29, 0.717) is 12.1 Å². The van der Waals surface area contributed by atoms with E-state index in [9.17, 15) is 4.79 Å². The van der Waals surface area contributed by atoms with Crippen molar-refractivity contribution in [2.75, 3.05) is 6.54 Å². The van der Waals surface area contributed by atoms with Crippen LogP contribution in [0.2, 0.25) is 0 Å². The largest absolute Gasteiger partial charge is 0.356 e. The third-order valence-corrected chi connectivity index (χ3v) is 6.15. The molecule has 1 atom stereocenters. The predicted octanol–water partition coefficient (Wildman–Crippen LogP) is 4.54. The van der Waals surface area contributed by atoms with Crippen LogP contribution in [0.15, 0.2) is 91.4 Å². The van der Waals surface area contributed by atoms with Gasteiger partial charge in [0.05, 0.1) is 11.4 Å². The molecule has 2 aromatic carbocycles. The van der Waals surface area contributed by atoms with Gasteiger partial charge in [-0.3, -0.25) is 9.78 Å². The number of hydrogen-bond donors (Lipinski definition) is 1. The molecule has 0 saturated carbocycles. The summed E-state index contributed by atoms with van der Waals surface area (Å²) in [4.78, 5) is 23.8. The van der Waals surface area contributed by atoms with E-state index in [4.69, 9.17) is 0 Å². The summed E-state index contributed by atoms with van der Waals surface area (Å²) in [6, 6.07) is 23.4. The molecule has 6 heteroatoms. The van der Waals surface area contributed by atoms with E-state index in [0.717, 1.165) is 29.0 Å². The van der Waals surface area contributed by atoms with E-state index in [1.54, 1.807) is 17.1 Å². The van der Waals surface area contributed by atoms with Crippen molar-refractivity contribution in [1.29, 1.82) is 0 Å². The fourth-order valence-electron chi connectivity index (χ4n) is 4.65. The van der Waals surface area contributed by atoms with Crippen LogP contribution in [0.1, 0.15) is 33.4 Å². The molecule has 1 amide bonds. The summed E-state index contributed by atoms with van der Waals surface area (Å²) in [5, 5.41) is 5.48. The van der Waals surface area contributed by atoms with Crippen molar-refractivity contribution >= 4 is 16.8 Å². The topological polar surface area (TPSA) is 66.8 Å². The van der Waals surface area contributed by atoms with Gasteiger partial charge in [0.15, 0.2) is 0 Å². The minimum Gasteiger partial charge on any atom is -0.356 e. The number of carbonyl (C=O) groups is 1. The van der Waals surface area contributed by atoms with Crippen LogP contribution < -0.4 is 0 Å². The smallest absolute Gasteiger partial charge is 0.254 e. The highest BCUT2D eigenvalue weighted by molar-refractivity contribution is 5.95. The molecule has 5 aromatic rings. The van der Waals surface area contributed by atoms with Crippen LogP contribution in [0, 0.1) is 0 Å². The van der Waals surface area contributed by atoms with Crippen molar-refractivity contribution in [2.24, 2.45) is 0 Å². The minimum atomic E-state index is -0.259. The average molecular weight is 419 g/mol. The number of pyridine rings is 1. The normalized spacial score (nSPS) is 15.6. The number of para-hydroxylation sites is 1. The van der Waals surface area contributed by atoms with Gasteiger partial charge < -0.3 is 9.88 Å². The van der Waals surface area contributed by atoms with E-state index < -0.39 is 0 Å². The number of amides is 1. The number of fused-ring (bicyclic) bond motifs is 3. The van der Waals surface area contributed by atoms with Crippen LogP contribution in [0.25, 0.3) is 16.6 Å². The number of rotatable bonds is 3. The van der Waals surface area contributed by atoms with Gasteiger partial charge in [0.1, 0.15) is 6.04 Å². The van der Waals surface area contributed by atoms with Crippen molar-refractivity contribution < 1.29 is 4.79 Å². The van der Waals surface area contributed by atoms with Crippen LogP contribution >= 0.6 is 0 Å². The highest BCUT2D eigenvalue weighted by Crippen LogP contribution is 2.38. The molecule has 3 aromatic heterocycles. The zero-order valence-corrected chi connectivity index (χ0v) is 17.3. The van der Waals surface area contributed by atoms with Crippen LogP contribution in [-0.2, 0) is 6.42 Å². The third-order valence-electron chi connectivity index (χ3n) is 6.15. The molecule has 0 spiro atoms. The second-order valence-corrected chi connectivity index (χ2v) is 7.97. The van der Waals surface area contributed by atoms with Crippen molar-refractivity contribution in [3.63, 3.8) is 0 Å². The van der Waals surface area contributed by atoms with Crippen molar-refractivity contribution in [2.45, 2.75) is 12.5 Å². The molecule has 1 N–H and O–H groups in total. The lowest BCUT2D eigenvalue weighted by Crippen LogP contribution is -2.41. The molecule has 6 rings (SSSR count). The van der Waals surface area contributed by atoms with Gasteiger partial charge in [-0.1, -0.05) is 24.3 Å². The summed E-state index contributed by atoms with van der Waals surface area (Å²) < 4.78 is 1.78. The zero-order valence-electron chi connectivity index (χ0n) is 17.3. The molecule has 0 radical (unpaired) electrons. The Morgan fingerprint density at radius 3 is 2.56 bits per heavy atom. The fraction of sp³-hybridized carbons (Fsp3) is 0.115. The Kier molecular flexibility index (Phi) is 4.35. The molecule has 1 unspecified atom stereocenters. The second-order valence-electron chi connectivity index (χ2n) is 7.97. The van der Waals surface area contributed by atoms with E-state index in [2.05, 4.69) is 33.3 Å². The third kappa shape index (κ3) is 3.00. The van der Waals surface area contributed by atoms with Crippen LogP contribution in [0.3, 0.4) is 0 Å². The first-order chi connectivity index (χ1) is 15.8. The number of nitrogens with zero attached hydrogens (tertiary/aromatic N) is 4. The molecule has 32 heavy (non-hydrogen) atoms. The second kappa shape index (κ2) is 7.50. The lowest BCUT2D eigenvalue weighted by atomic mass is 9.94. The molecule has 0 bridgehead atoms. The maximum Gasteiger partial charge on any atom is 0.254 e. The Labute approximate surface area is 185 Å². The average Bonchev–Trinajstić information content (AvgIpc) is 3.52. The number of H-pyrrole nitrogens is 1. The van der Waals surface area contributed by atoms with E-state index >= 15 is 0 Å². The van der Waals surface area contributed by atoms with Gasteiger partial charge in [-0.05, 0) is 60.5 Å². The fourth-order valence-corrected chi connectivity index (χ4v) is 4.65. The maximum absolute atomic E-state index is 13.7. The molecule has 156 valence electrons. The van der Waals surface area contributed by atoms with Crippen molar-refractivity contribution in [1.82, 2.24) is 24.6 Å².